The standard InChI is InChI=1S/C13H24N2O4/c1-2-3-8-15(9-10-16)12(19)14-13(11(17)18)6-4-5-7-13/h16H,2-10H2,1H3,(H,14,19)(H,17,18). The molecule has 1 saturated carbocycles. The number of aliphatic carboxylic acids is 1. The van der Waals surface area contributed by atoms with Crippen LogP contribution in [0.4, 0.5) is 4.79 Å². The van der Waals surface area contributed by atoms with Gasteiger partial charge in [0.15, 0.2) is 0 Å². The Bertz CT molecular complexity index is 314. The van der Waals surface area contributed by atoms with Crippen molar-refractivity contribution in [2.24, 2.45) is 0 Å². The molecule has 0 aliphatic heterocycles. The lowest BCUT2D eigenvalue weighted by Gasteiger charge is -2.30. The Balaban J connectivity index is 2.65. The number of aliphatic hydroxyl groups is 1. The number of carboxylic acids is 1. The van der Waals surface area contributed by atoms with E-state index >= 15 is 0 Å². The first-order valence-electron chi connectivity index (χ1n) is 6.97. The van der Waals surface area contributed by atoms with E-state index in [1.54, 1.807) is 0 Å². The van der Waals surface area contributed by atoms with Gasteiger partial charge >= 0.3 is 12.0 Å². The first-order valence-corrected chi connectivity index (χ1v) is 6.97. The number of carboxylic acid groups (broad SMARTS) is 1. The van der Waals surface area contributed by atoms with E-state index in [-0.39, 0.29) is 19.2 Å². The fourth-order valence-electron chi connectivity index (χ4n) is 2.44. The lowest BCUT2D eigenvalue weighted by molar-refractivity contribution is -0.144. The maximum atomic E-state index is 12.1. The van der Waals surface area contributed by atoms with Crippen molar-refractivity contribution >= 4 is 12.0 Å². The zero-order valence-corrected chi connectivity index (χ0v) is 11.5. The van der Waals surface area contributed by atoms with Gasteiger partial charge in [-0.25, -0.2) is 9.59 Å². The van der Waals surface area contributed by atoms with Crippen LogP contribution in [0.1, 0.15) is 45.4 Å². The van der Waals surface area contributed by atoms with E-state index in [0.29, 0.717) is 19.4 Å². The van der Waals surface area contributed by atoms with Gasteiger partial charge in [0.2, 0.25) is 0 Å². The first-order chi connectivity index (χ1) is 9.05. The van der Waals surface area contributed by atoms with Gasteiger partial charge in [0.05, 0.1) is 6.61 Å². The highest BCUT2D eigenvalue weighted by molar-refractivity contribution is 5.86. The van der Waals surface area contributed by atoms with Gasteiger partial charge in [-0.2, -0.15) is 0 Å². The molecule has 0 radical (unpaired) electrons. The number of carbonyl (C=O) groups excluding carboxylic acids is 1. The molecule has 0 aromatic carbocycles. The number of nitrogens with one attached hydrogen (secondary N) is 1. The lowest BCUT2D eigenvalue weighted by Crippen LogP contribution is -2.56. The Morgan fingerprint density at radius 2 is 1.89 bits per heavy atom. The zero-order chi connectivity index (χ0) is 14.3. The number of nitrogens with zero attached hydrogens (tertiary/aromatic N) is 1. The fraction of sp³-hybridized carbons (Fsp3) is 0.846. The zero-order valence-electron chi connectivity index (χ0n) is 11.5. The second kappa shape index (κ2) is 7.33. The molecule has 0 aromatic heterocycles. The van der Waals surface area contributed by atoms with E-state index in [4.69, 9.17) is 5.11 Å². The Morgan fingerprint density at radius 3 is 2.37 bits per heavy atom. The van der Waals surface area contributed by atoms with Gasteiger partial charge in [-0.05, 0) is 19.3 Å². The summed E-state index contributed by atoms with van der Waals surface area (Å²) >= 11 is 0. The van der Waals surface area contributed by atoms with E-state index in [1.165, 1.54) is 4.90 Å². The summed E-state index contributed by atoms with van der Waals surface area (Å²) in [5.74, 6) is -0.960. The number of carbonyl (C=O) groups is 2. The molecule has 1 rings (SSSR count). The minimum Gasteiger partial charge on any atom is -0.480 e. The predicted octanol–water partition coefficient (Wildman–Crippen LogP) is 1.19. The molecule has 0 bridgehead atoms. The molecule has 110 valence electrons. The number of hydrogen-bond donors (Lipinski definition) is 3. The van der Waals surface area contributed by atoms with Crippen molar-refractivity contribution in [2.45, 2.75) is 51.0 Å². The van der Waals surface area contributed by atoms with Crippen LogP contribution in [0, 0.1) is 0 Å². The summed E-state index contributed by atoms with van der Waals surface area (Å²) in [4.78, 5) is 25.0. The van der Waals surface area contributed by atoms with Crippen LogP contribution in [-0.2, 0) is 4.79 Å². The minimum atomic E-state index is -1.11. The van der Waals surface area contributed by atoms with Gasteiger partial charge in [0, 0.05) is 13.1 Å². The topological polar surface area (TPSA) is 89.9 Å². The number of aliphatic hydroxyl groups excluding tert-OH is 1. The first kappa shape index (κ1) is 15.8. The van der Waals surface area contributed by atoms with Crippen molar-refractivity contribution in [3.63, 3.8) is 0 Å². The fourth-order valence-corrected chi connectivity index (χ4v) is 2.44. The Labute approximate surface area is 113 Å². The average molecular weight is 272 g/mol. The second-order valence-corrected chi connectivity index (χ2v) is 5.09. The van der Waals surface area contributed by atoms with Gasteiger partial charge in [-0.3, -0.25) is 0 Å². The van der Waals surface area contributed by atoms with Crippen LogP contribution < -0.4 is 5.32 Å². The summed E-state index contributed by atoms with van der Waals surface area (Å²) in [6.07, 6.45) is 4.39. The molecule has 3 N–H and O–H groups in total. The van der Waals surface area contributed by atoms with Gasteiger partial charge in [-0.15, -0.1) is 0 Å². The molecule has 6 nitrogen and oxygen atoms in total. The smallest absolute Gasteiger partial charge is 0.329 e. The Kier molecular flexibility index (Phi) is 6.08. The maximum absolute atomic E-state index is 12.1. The normalized spacial score (nSPS) is 17.2. The molecule has 0 spiro atoms. The molecule has 0 atom stereocenters. The number of amides is 2. The highest BCUT2D eigenvalue weighted by atomic mass is 16.4. The van der Waals surface area contributed by atoms with Crippen LogP contribution in [0.3, 0.4) is 0 Å². The minimum absolute atomic E-state index is 0.114. The molecule has 0 heterocycles. The number of unbranched alkanes of at least 4 members (excludes halogenated alkanes) is 1. The maximum Gasteiger partial charge on any atom is 0.329 e. The quantitative estimate of drug-likeness (QED) is 0.649. The molecule has 2 amide bonds. The van der Waals surface area contributed by atoms with E-state index in [2.05, 4.69) is 5.32 Å². The van der Waals surface area contributed by atoms with Crippen LogP contribution in [0.25, 0.3) is 0 Å². The van der Waals surface area contributed by atoms with Crippen molar-refractivity contribution in [3.05, 3.63) is 0 Å². The van der Waals surface area contributed by atoms with Crippen LogP contribution in [0.5, 0.6) is 0 Å². The monoisotopic (exact) mass is 272 g/mol. The number of hydrogen-bond acceptors (Lipinski definition) is 3. The van der Waals surface area contributed by atoms with Gasteiger partial charge in [0.1, 0.15) is 5.54 Å². The molecule has 1 aliphatic rings. The number of rotatable bonds is 7. The van der Waals surface area contributed by atoms with Crippen molar-refractivity contribution in [1.82, 2.24) is 10.2 Å². The molecule has 0 saturated heterocycles. The molecule has 1 fully saturated rings. The van der Waals surface area contributed by atoms with Gasteiger partial charge < -0.3 is 20.4 Å². The SMILES string of the molecule is CCCCN(CCO)C(=O)NC1(C(=O)O)CCCC1. The van der Waals surface area contributed by atoms with E-state index in [1.807, 2.05) is 6.92 Å². The van der Waals surface area contributed by atoms with Gasteiger partial charge in [-0.1, -0.05) is 26.2 Å². The lowest BCUT2D eigenvalue weighted by atomic mass is 9.98. The molecule has 1 aliphatic carbocycles. The van der Waals surface area contributed by atoms with E-state index in [9.17, 15) is 14.7 Å². The molecular formula is C13H24N2O4. The van der Waals surface area contributed by atoms with Crippen molar-refractivity contribution in [1.29, 1.82) is 0 Å². The van der Waals surface area contributed by atoms with Gasteiger partial charge in [0.25, 0.3) is 0 Å². The van der Waals surface area contributed by atoms with Crippen molar-refractivity contribution in [2.75, 3.05) is 19.7 Å². The van der Waals surface area contributed by atoms with Crippen LogP contribution >= 0.6 is 0 Å². The summed E-state index contributed by atoms with van der Waals surface area (Å²) < 4.78 is 0. The summed E-state index contributed by atoms with van der Waals surface area (Å²) in [7, 11) is 0. The molecule has 19 heavy (non-hydrogen) atoms. The van der Waals surface area contributed by atoms with Crippen LogP contribution in [0.2, 0.25) is 0 Å². The third-order valence-electron chi connectivity index (χ3n) is 3.65. The highest BCUT2D eigenvalue weighted by Crippen LogP contribution is 2.30. The molecule has 0 aromatic rings. The third-order valence-corrected chi connectivity index (χ3v) is 3.65. The second-order valence-electron chi connectivity index (χ2n) is 5.09. The Hall–Kier alpha value is -1.30. The molecule has 0 unspecified atom stereocenters. The average Bonchev–Trinajstić information content (AvgIpc) is 2.84. The van der Waals surface area contributed by atoms with Crippen molar-refractivity contribution in [3.8, 4) is 0 Å². The third kappa shape index (κ3) is 4.09. The highest BCUT2D eigenvalue weighted by Gasteiger charge is 2.43. The molecule has 6 heteroatoms. The Morgan fingerprint density at radius 1 is 1.26 bits per heavy atom. The number of urea groups is 1. The van der Waals surface area contributed by atoms with Crippen LogP contribution in [-0.4, -0.2) is 52.3 Å². The van der Waals surface area contributed by atoms with Crippen molar-refractivity contribution < 1.29 is 19.8 Å². The predicted molar refractivity (Wildman–Crippen MR) is 70.9 cm³/mol. The summed E-state index contributed by atoms with van der Waals surface area (Å²) in [5, 5.41) is 21.0. The largest absolute Gasteiger partial charge is 0.480 e. The summed E-state index contributed by atoms with van der Waals surface area (Å²) in [5.41, 5.74) is -1.11. The van der Waals surface area contributed by atoms with Crippen LogP contribution in [0.15, 0.2) is 0 Å². The molecular weight excluding hydrogens is 248 g/mol. The summed E-state index contributed by atoms with van der Waals surface area (Å²) in [6.45, 7) is 2.68. The summed E-state index contributed by atoms with van der Waals surface area (Å²) in [6, 6.07) is -0.383. The van der Waals surface area contributed by atoms with E-state index in [0.717, 1.165) is 25.7 Å². The van der Waals surface area contributed by atoms with E-state index < -0.39 is 11.5 Å².